The van der Waals surface area contributed by atoms with Gasteiger partial charge < -0.3 is 28.4 Å². The predicted octanol–water partition coefficient (Wildman–Crippen LogP) is 7.67. The van der Waals surface area contributed by atoms with Crippen molar-refractivity contribution in [1.29, 1.82) is 0 Å². The third kappa shape index (κ3) is 12.7. The van der Waals surface area contributed by atoms with Crippen LogP contribution in [-0.2, 0) is 41.4 Å². The molecule has 0 saturated heterocycles. The number of ether oxygens (including phenoxy) is 6. The highest BCUT2D eigenvalue weighted by atomic mass is 16.6. The summed E-state index contributed by atoms with van der Waals surface area (Å²) in [5.74, 6) is 0.820. The third-order valence-electron chi connectivity index (χ3n) is 7.58. The van der Waals surface area contributed by atoms with Crippen LogP contribution in [0.5, 0.6) is 11.5 Å². The predicted molar refractivity (Wildman–Crippen MR) is 189 cm³/mol. The average Bonchev–Trinajstić information content (AvgIpc) is 3.09. The van der Waals surface area contributed by atoms with E-state index < -0.39 is 12.2 Å². The van der Waals surface area contributed by atoms with Crippen molar-refractivity contribution in [3.8, 4) is 11.5 Å². The average molecular weight is 659 g/mol. The molecule has 0 fully saturated rings. The van der Waals surface area contributed by atoms with Crippen LogP contribution in [-0.4, -0.2) is 63.8 Å². The lowest BCUT2D eigenvalue weighted by atomic mass is 10.0. The molecular formula is C40H50O8. The maximum Gasteiger partial charge on any atom is 0.335 e. The van der Waals surface area contributed by atoms with Gasteiger partial charge in [0.25, 0.3) is 0 Å². The van der Waals surface area contributed by atoms with Gasteiger partial charge in [-0.3, -0.25) is 0 Å². The summed E-state index contributed by atoms with van der Waals surface area (Å²) >= 11 is 0. The molecular weight excluding hydrogens is 608 g/mol. The molecule has 48 heavy (non-hydrogen) atoms. The number of esters is 2. The number of carbonyl (C=O) groups excluding carboxylic acids is 2. The quantitative estimate of drug-likeness (QED) is 0.114. The lowest BCUT2D eigenvalue weighted by molar-refractivity contribution is -0.157. The van der Waals surface area contributed by atoms with Crippen LogP contribution in [0.25, 0.3) is 11.1 Å². The molecule has 3 aromatic rings. The second-order valence-electron chi connectivity index (χ2n) is 11.1. The summed E-state index contributed by atoms with van der Waals surface area (Å²) in [5, 5.41) is 0. The Balaban J connectivity index is 1.51. The largest absolute Gasteiger partial charge is 0.490 e. The van der Waals surface area contributed by atoms with Crippen LogP contribution < -0.4 is 9.47 Å². The summed E-state index contributed by atoms with van der Waals surface area (Å²) in [6.45, 7) is 13.8. The van der Waals surface area contributed by atoms with Crippen LogP contribution in [0.2, 0.25) is 0 Å². The maximum absolute atomic E-state index is 12.2. The van der Waals surface area contributed by atoms with Crippen molar-refractivity contribution >= 4 is 23.1 Å². The first-order chi connectivity index (χ1) is 23.3. The highest BCUT2D eigenvalue weighted by Gasteiger charge is 2.21. The number of carbonyl (C=O) groups is 2. The van der Waals surface area contributed by atoms with Gasteiger partial charge in [0.1, 0.15) is 24.7 Å². The number of benzene rings is 3. The second-order valence-corrected chi connectivity index (χ2v) is 11.1. The zero-order chi connectivity index (χ0) is 34.7. The summed E-state index contributed by atoms with van der Waals surface area (Å²) < 4.78 is 33.3. The molecule has 0 aromatic heterocycles. The maximum atomic E-state index is 12.2. The molecule has 2 unspecified atom stereocenters. The van der Waals surface area contributed by atoms with Crippen LogP contribution in [0.3, 0.4) is 0 Å². The molecule has 0 bridgehead atoms. The smallest absolute Gasteiger partial charge is 0.335 e. The summed E-state index contributed by atoms with van der Waals surface area (Å²) in [4.78, 5) is 24.3. The molecule has 0 aliphatic rings. The van der Waals surface area contributed by atoms with Crippen molar-refractivity contribution in [3.63, 3.8) is 0 Å². The van der Waals surface area contributed by atoms with Crippen molar-refractivity contribution in [2.45, 2.75) is 66.6 Å². The van der Waals surface area contributed by atoms with E-state index >= 15 is 0 Å². The van der Waals surface area contributed by atoms with Crippen molar-refractivity contribution in [1.82, 2.24) is 0 Å². The fourth-order valence-electron chi connectivity index (χ4n) is 4.94. The molecule has 0 radical (unpaired) electrons. The number of rotatable bonds is 20. The fraction of sp³-hybridized carbons (Fsp3) is 0.400. The van der Waals surface area contributed by atoms with Crippen LogP contribution in [0.15, 0.2) is 84.9 Å². The molecule has 3 aromatic carbocycles. The first kappa shape index (κ1) is 38.1. The first-order valence-electron chi connectivity index (χ1n) is 16.7. The molecule has 0 spiro atoms. The minimum atomic E-state index is -0.613. The van der Waals surface area contributed by atoms with Crippen molar-refractivity contribution in [2.75, 3.05) is 39.6 Å². The molecule has 258 valence electrons. The van der Waals surface area contributed by atoms with Gasteiger partial charge in [-0.25, -0.2) is 9.59 Å². The van der Waals surface area contributed by atoms with Gasteiger partial charge in [-0.05, 0) is 117 Å². The second kappa shape index (κ2) is 20.8. The van der Waals surface area contributed by atoms with E-state index in [-0.39, 0.29) is 11.9 Å². The monoisotopic (exact) mass is 658 g/mol. The standard InChI is InChI=1S/C40H50O8/c1-7-43-37(39(41)45-9-3)26-31-14-18-35(19-15-31)47-24-22-29(5)33-12-11-13-34(28-33)30(6)23-25-48-36-20-16-32(17-21-36)27-38(44-8-2)40(42)46-10-4/h11-23,28,37-38H,7-10,24-27H2,1-6H3/b29-22+,30-23+. The molecule has 0 saturated carbocycles. The summed E-state index contributed by atoms with van der Waals surface area (Å²) in [5.41, 5.74) is 6.41. The number of hydrogen-bond acceptors (Lipinski definition) is 8. The Morgan fingerprint density at radius 1 is 0.583 bits per heavy atom. The Hall–Kier alpha value is -4.40. The van der Waals surface area contributed by atoms with E-state index in [1.54, 1.807) is 13.8 Å². The van der Waals surface area contributed by atoms with Gasteiger partial charge >= 0.3 is 11.9 Å². The summed E-state index contributed by atoms with van der Waals surface area (Å²) in [6.07, 6.45) is 3.80. The van der Waals surface area contributed by atoms with Crippen molar-refractivity contribution in [3.05, 3.63) is 107 Å². The fourth-order valence-corrected chi connectivity index (χ4v) is 4.94. The van der Waals surface area contributed by atoms with Crippen molar-refractivity contribution < 1.29 is 38.0 Å². The normalized spacial score (nSPS) is 13.0. The number of allylic oxidation sites excluding steroid dienone is 2. The van der Waals surface area contributed by atoms with Crippen molar-refractivity contribution in [2.24, 2.45) is 0 Å². The van der Waals surface area contributed by atoms with E-state index in [9.17, 15) is 9.59 Å². The van der Waals surface area contributed by atoms with E-state index in [1.807, 2.05) is 62.4 Å². The topological polar surface area (TPSA) is 89.5 Å². The molecule has 3 rings (SSSR count). The Kier molecular flexibility index (Phi) is 16.5. The Morgan fingerprint density at radius 3 is 1.33 bits per heavy atom. The molecule has 8 heteroatoms. The van der Waals surface area contributed by atoms with Gasteiger partial charge in [-0.15, -0.1) is 0 Å². The molecule has 8 nitrogen and oxygen atoms in total. The van der Waals surface area contributed by atoms with Gasteiger partial charge in [-0.2, -0.15) is 0 Å². The summed E-state index contributed by atoms with van der Waals surface area (Å²) in [6, 6.07) is 23.8. The molecule has 0 amide bonds. The van der Waals surface area contributed by atoms with E-state index in [2.05, 4.69) is 50.3 Å². The van der Waals surface area contributed by atoms with E-state index in [1.165, 1.54) is 0 Å². The molecule has 2 atom stereocenters. The van der Waals surface area contributed by atoms with E-state index in [4.69, 9.17) is 28.4 Å². The highest BCUT2D eigenvalue weighted by molar-refractivity contribution is 5.75. The molecule has 0 N–H and O–H groups in total. The van der Waals surface area contributed by atoms with Gasteiger partial charge in [0.05, 0.1) is 13.2 Å². The van der Waals surface area contributed by atoms with Gasteiger partial charge in [0, 0.05) is 26.1 Å². The van der Waals surface area contributed by atoms with E-state index in [0.717, 1.165) is 44.9 Å². The zero-order valence-electron chi connectivity index (χ0n) is 29.2. The van der Waals surface area contributed by atoms with Gasteiger partial charge in [0.15, 0.2) is 12.2 Å². The Bertz CT molecular complexity index is 1370. The van der Waals surface area contributed by atoms with Crippen LogP contribution in [0.4, 0.5) is 0 Å². The minimum absolute atomic E-state index is 0.327. The SMILES string of the molecule is CCOC(=O)C(Cc1ccc(OC/C=C(\C)c2cccc(/C(C)=C/COc3ccc(CC(OCC)C(=O)OCC)cc3)c2)cc1)OCC. The molecule has 0 aliphatic heterocycles. The highest BCUT2D eigenvalue weighted by Crippen LogP contribution is 2.22. The third-order valence-corrected chi connectivity index (χ3v) is 7.58. The molecule has 0 heterocycles. The van der Waals surface area contributed by atoms with E-state index in [0.29, 0.717) is 52.5 Å². The van der Waals surface area contributed by atoms with Gasteiger partial charge in [0.2, 0.25) is 0 Å². The Morgan fingerprint density at radius 2 is 0.979 bits per heavy atom. The molecule has 0 aliphatic carbocycles. The first-order valence-corrected chi connectivity index (χ1v) is 16.7. The van der Waals surface area contributed by atoms with Crippen LogP contribution in [0.1, 0.15) is 63.8 Å². The summed E-state index contributed by atoms with van der Waals surface area (Å²) in [7, 11) is 0. The van der Waals surface area contributed by atoms with Crippen LogP contribution >= 0.6 is 0 Å². The lowest BCUT2D eigenvalue weighted by Gasteiger charge is -2.15. The van der Waals surface area contributed by atoms with Crippen LogP contribution in [0, 0.1) is 0 Å². The van der Waals surface area contributed by atoms with Gasteiger partial charge in [-0.1, -0.05) is 42.5 Å². The minimum Gasteiger partial charge on any atom is -0.490 e. The lowest BCUT2D eigenvalue weighted by Crippen LogP contribution is -2.28. The Labute approximate surface area is 285 Å². The zero-order valence-corrected chi connectivity index (χ0v) is 29.2. The number of hydrogen-bond donors (Lipinski definition) is 0.